The second-order valence-electron chi connectivity index (χ2n) is 7.87. The van der Waals surface area contributed by atoms with Gasteiger partial charge in [-0.25, -0.2) is 4.79 Å². The van der Waals surface area contributed by atoms with Gasteiger partial charge in [0, 0.05) is 61.2 Å². The molecule has 0 aliphatic carbocycles. The zero-order chi connectivity index (χ0) is 22.7. The summed E-state index contributed by atoms with van der Waals surface area (Å²) in [6, 6.07) is 13.6. The Bertz CT molecular complexity index is 1090. The highest BCUT2D eigenvalue weighted by Crippen LogP contribution is 2.23. The van der Waals surface area contributed by atoms with Gasteiger partial charge in [-0.1, -0.05) is 19.0 Å². The van der Waals surface area contributed by atoms with Gasteiger partial charge < -0.3 is 19.6 Å². The van der Waals surface area contributed by atoms with Crippen LogP contribution in [0.25, 0.3) is 11.5 Å². The van der Waals surface area contributed by atoms with Gasteiger partial charge in [0.05, 0.1) is 4.92 Å². The molecule has 1 fully saturated rings. The predicted octanol–water partition coefficient (Wildman–Crippen LogP) is 4.12. The van der Waals surface area contributed by atoms with Crippen LogP contribution in [0, 0.1) is 10.1 Å². The maximum atomic E-state index is 12.6. The summed E-state index contributed by atoms with van der Waals surface area (Å²) in [6.07, 6.45) is 0. The Balaban J connectivity index is 1.31. The second kappa shape index (κ2) is 9.04. The first-order valence-corrected chi connectivity index (χ1v) is 10.4. The Labute approximate surface area is 185 Å². The predicted molar refractivity (Wildman–Crippen MR) is 120 cm³/mol. The second-order valence-corrected chi connectivity index (χ2v) is 7.87. The zero-order valence-electron chi connectivity index (χ0n) is 17.9. The van der Waals surface area contributed by atoms with E-state index >= 15 is 0 Å². The van der Waals surface area contributed by atoms with Crippen LogP contribution in [-0.4, -0.2) is 52.2 Å². The summed E-state index contributed by atoms with van der Waals surface area (Å²) in [4.78, 5) is 31.3. The summed E-state index contributed by atoms with van der Waals surface area (Å²) in [6.45, 7) is 6.42. The van der Waals surface area contributed by atoms with Crippen LogP contribution in [0.4, 0.5) is 21.9 Å². The largest absolute Gasteiger partial charge is 0.368 e. The molecule has 3 aromatic rings. The van der Waals surface area contributed by atoms with Crippen molar-refractivity contribution in [2.24, 2.45) is 0 Å². The van der Waals surface area contributed by atoms with Crippen molar-refractivity contribution in [2.45, 2.75) is 19.8 Å². The van der Waals surface area contributed by atoms with E-state index in [0.717, 1.165) is 11.3 Å². The standard InChI is InChI=1S/C22H24N6O4/c1-15(2)20-24-21(32-25-20)16-3-5-17(6-4-16)23-22(29)27-13-11-26(12-14-27)18-7-9-19(10-8-18)28(30)31/h3-10,15H,11-14H2,1-2H3,(H,23,29). The van der Waals surface area contributed by atoms with Gasteiger partial charge in [-0.2, -0.15) is 4.98 Å². The lowest BCUT2D eigenvalue weighted by Gasteiger charge is -2.36. The van der Waals surface area contributed by atoms with E-state index in [4.69, 9.17) is 4.52 Å². The Hall–Kier alpha value is -3.95. The van der Waals surface area contributed by atoms with Gasteiger partial charge in [-0.15, -0.1) is 0 Å². The third-order valence-corrected chi connectivity index (χ3v) is 5.33. The number of hydrogen-bond donors (Lipinski definition) is 1. The van der Waals surface area contributed by atoms with Crippen molar-refractivity contribution in [1.82, 2.24) is 15.0 Å². The Morgan fingerprint density at radius 1 is 1.06 bits per heavy atom. The van der Waals surface area contributed by atoms with E-state index in [1.54, 1.807) is 29.2 Å². The number of aromatic nitrogens is 2. The number of nitrogens with zero attached hydrogens (tertiary/aromatic N) is 5. The van der Waals surface area contributed by atoms with Crippen molar-refractivity contribution >= 4 is 23.1 Å². The van der Waals surface area contributed by atoms with Gasteiger partial charge in [0.25, 0.3) is 11.6 Å². The summed E-state index contributed by atoms with van der Waals surface area (Å²) in [5.74, 6) is 1.30. The minimum atomic E-state index is -0.413. The molecule has 0 bridgehead atoms. The van der Waals surface area contributed by atoms with E-state index < -0.39 is 4.92 Å². The average Bonchev–Trinajstić information content (AvgIpc) is 3.30. The number of carbonyl (C=O) groups is 1. The van der Waals surface area contributed by atoms with E-state index in [-0.39, 0.29) is 17.6 Å². The van der Waals surface area contributed by atoms with Crippen LogP contribution in [0.5, 0.6) is 0 Å². The maximum absolute atomic E-state index is 12.6. The number of piperazine rings is 1. The number of nitro benzene ring substituents is 1. The van der Waals surface area contributed by atoms with Crippen molar-refractivity contribution in [2.75, 3.05) is 36.4 Å². The molecule has 0 spiro atoms. The highest BCUT2D eigenvalue weighted by Gasteiger charge is 2.22. The monoisotopic (exact) mass is 436 g/mol. The number of non-ortho nitro benzene ring substituents is 1. The molecule has 0 atom stereocenters. The van der Waals surface area contributed by atoms with Crippen LogP contribution in [0.1, 0.15) is 25.6 Å². The van der Waals surface area contributed by atoms with E-state index in [1.807, 2.05) is 26.0 Å². The summed E-state index contributed by atoms with van der Waals surface area (Å²) in [5, 5.41) is 17.7. The molecule has 2 heterocycles. The fraction of sp³-hybridized carbons (Fsp3) is 0.318. The molecule has 32 heavy (non-hydrogen) atoms. The van der Waals surface area contributed by atoms with E-state index in [0.29, 0.717) is 43.6 Å². The topological polar surface area (TPSA) is 118 Å². The highest BCUT2D eigenvalue weighted by molar-refractivity contribution is 5.89. The van der Waals surface area contributed by atoms with Crippen LogP contribution >= 0.6 is 0 Å². The van der Waals surface area contributed by atoms with Crippen molar-refractivity contribution in [3.63, 3.8) is 0 Å². The molecule has 1 N–H and O–H groups in total. The molecule has 10 heteroatoms. The zero-order valence-corrected chi connectivity index (χ0v) is 17.9. The molecule has 0 unspecified atom stereocenters. The van der Waals surface area contributed by atoms with Gasteiger partial charge in [0.15, 0.2) is 5.82 Å². The molecule has 166 valence electrons. The number of anilines is 2. The molecule has 1 saturated heterocycles. The number of hydrogen-bond acceptors (Lipinski definition) is 7. The van der Waals surface area contributed by atoms with Crippen molar-refractivity contribution in [1.29, 1.82) is 0 Å². The van der Waals surface area contributed by atoms with Gasteiger partial charge in [-0.05, 0) is 36.4 Å². The van der Waals surface area contributed by atoms with Crippen molar-refractivity contribution in [3.05, 3.63) is 64.5 Å². The summed E-state index contributed by atoms with van der Waals surface area (Å²) in [7, 11) is 0. The molecule has 2 amide bonds. The van der Waals surface area contributed by atoms with Gasteiger partial charge in [0.2, 0.25) is 0 Å². The molecule has 2 aromatic carbocycles. The number of urea groups is 1. The SMILES string of the molecule is CC(C)c1noc(-c2ccc(NC(=O)N3CCN(c4ccc([N+](=O)[O-])cc4)CC3)cc2)n1. The van der Waals surface area contributed by atoms with Gasteiger partial charge in [-0.3, -0.25) is 10.1 Å². The van der Waals surface area contributed by atoms with E-state index in [1.165, 1.54) is 12.1 Å². The fourth-order valence-corrected chi connectivity index (χ4v) is 3.44. The third kappa shape index (κ3) is 4.69. The third-order valence-electron chi connectivity index (χ3n) is 5.33. The fourth-order valence-electron chi connectivity index (χ4n) is 3.44. The van der Waals surface area contributed by atoms with Crippen LogP contribution in [-0.2, 0) is 0 Å². The summed E-state index contributed by atoms with van der Waals surface area (Å²) < 4.78 is 5.30. The molecule has 0 radical (unpaired) electrons. The molecule has 1 aromatic heterocycles. The Kier molecular flexibility index (Phi) is 6.02. The van der Waals surface area contributed by atoms with Gasteiger partial charge in [0.1, 0.15) is 0 Å². The summed E-state index contributed by atoms with van der Waals surface area (Å²) >= 11 is 0. The highest BCUT2D eigenvalue weighted by atomic mass is 16.6. The first-order chi connectivity index (χ1) is 15.4. The maximum Gasteiger partial charge on any atom is 0.321 e. The molecule has 0 saturated carbocycles. The van der Waals surface area contributed by atoms with Crippen LogP contribution < -0.4 is 10.2 Å². The number of nitro groups is 1. The Morgan fingerprint density at radius 3 is 2.28 bits per heavy atom. The number of rotatable bonds is 5. The van der Waals surface area contributed by atoms with Crippen molar-refractivity contribution in [3.8, 4) is 11.5 Å². The van der Waals surface area contributed by atoms with Crippen LogP contribution in [0.15, 0.2) is 53.1 Å². The minimum absolute atomic E-state index is 0.0669. The average molecular weight is 436 g/mol. The normalized spacial score (nSPS) is 14.0. The number of carbonyl (C=O) groups excluding carboxylic acids is 1. The molecular formula is C22H24N6O4. The summed E-state index contributed by atoms with van der Waals surface area (Å²) in [5.41, 5.74) is 2.45. The van der Waals surface area contributed by atoms with E-state index in [2.05, 4.69) is 20.4 Å². The van der Waals surface area contributed by atoms with Crippen molar-refractivity contribution < 1.29 is 14.2 Å². The Morgan fingerprint density at radius 2 is 1.72 bits per heavy atom. The molecule has 4 rings (SSSR count). The van der Waals surface area contributed by atoms with Gasteiger partial charge >= 0.3 is 6.03 Å². The lowest BCUT2D eigenvalue weighted by atomic mass is 10.2. The van der Waals surface area contributed by atoms with Crippen LogP contribution in [0.3, 0.4) is 0 Å². The number of amides is 2. The first-order valence-electron chi connectivity index (χ1n) is 10.4. The quantitative estimate of drug-likeness (QED) is 0.472. The lowest BCUT2D eigenvalue weighted by Crippen LogP contribution is -2.50. The van der Waals surface area contributed by atoms with E-state index in [9.17, 15) is 14.9 Å². The lowest BCUT2D eigenvalue weighted by molar-refractivity contribution is -0.384. The first kappa shape index (κ1) is 21.3. The molecule has 1 aliphatic heterocycles. The number of nitrogens with one attached hydrogen (secondary N) is 1. The molecule has 10 nitrogen and oxygen atoms in total. The molecular weight excluding hydrogens is 412 g/mol. The number of benzene rings is 2. The van der Waals surface area contributed by atoms with Crippen LogP contribution in [0.2, 0.25) is 0 Å². The molecule has 1 aliphatic rings. The smallest absolute Gasteiger partial charge is 0.321 e. The minimum Gasteiger partial charge on any atom is -0.368 e.